The van der Waals surface area contributed by atoms with E-state index >= 15 is 0 Å². The van der Waals surface area contributed by atoms with E-state index < -0.39 is 0 Å². The summed E-state index contributed by atoms with van der Waals surface area (Å²) in [5.74, 6) is 0.159. The van der Waals surface area contributed by atoms with Crippen molar-refractivity contribution in [1.29, 1.82) is 0 Å². The van der Waals surface area contributed by atoms with E-state index in [2.05, 4.69) is 15.5 Å². The quantitative estimate of drug-likeness (QED) is 0.750. The van der Waals surface area contributed by atoms with Gasteiger partial charge in [0, 0.05) is 6.54 Å². The number of thioether (sulfide) groups is 1. The molecule has 8 heteroatoms. The van der Waals surface area contributed by atoms with Crippen LogP contribution in [0, 0.1) is 5.82 Å². The molecular formula is C18H22FN5OS. The number of hydrogen-bond acceptors (Lipinski definition) is 5. The Kier molecular flexibility index (Phi) is 5.19. The molecule has 2 heterocycles. The number of benzene rings is 1. The van der Waals surface area contributed by atoms with Gasteiger partial charge < -0.3 is 4.90 Å². The molecule has 1 aromatic carbocycles. The lowest BCUT2D eigenvalue weighted by atomic mass is 10.0. The Morgan fingerprint density at radius 1 is 1.15 bits per heavy atom. The third-order valence-electron chi connectivity index (χ3n) is 5.29. The van der Waals surface area contributed by atoms with Crippen molar-refractivity contribution in [3.05, 3.63) is 35.6 Å². The molecule has 1 atom stereocenters. The maximum atomic E-state index is 13.2. The minimum atomic E-state index is -0.251. The number of tetrazole rings is 1. The van der Waals surface area contributed by atoms with Crippen LogP contribution < -0.4 is 0 Å². The van der Waals surface area contributed by atoms with Crippen LogP contribution in [0.5, 0.6) is 0 Å². The van der Waals surface area contributed by atoms with Crippen molar-refractivity contribution in [3.8, 4) is 0 Å². The van der Waals surface area contributed by atoms with Crippen molar-refractivity contribution in [3.63, 3.8) is 0 Å². The van der Waals surface area contributed by atoms with Gasteiger partial charge in [0.25, 0.3) is 0 Å². The molecule has 1 aliphatic carbocycles. The number of hydrogen-bond donors (Lipinski definition) is 0. The predicted molar refractivity (Wildman–Crippen MR) is 96.1 cm³/mol. The number of halogens is 1. The highest BCUT2D eigenvalue weighted by Gasteiger charge is 2.30. The van der Waals surface area contributed by atoms with Crippen LogP contribution >= 0.6 is 11.8 Å². The van der Waals surface area contributed by atoms with Crippen molar-refractivity contribution >= 4 is 17.7 Å². The van der Waals surface area contributed by atoms with Gasteiger partial charge in [-0.3, -0.25) is 4.79 Å². The number of carbonyl (C=O) groups is 1. The number of rotatable bonds is 5. The van der Waals surface area contributed by atoms with E-state index in [0.717, 1.165) is 42.9 Å². The Labute approximate surface area is 156 Å². The molecule has 1 aromatic heterocycles. The Morgan fingerprint density at radius 2 is 1.92 bits per heavy atom. The number of amides is 1. The van der Waals surface area contributed by atoms with Gasteiger partial charge in [-0.15, -0.1) is 5.10 Å². The first-order valence-electron chi connectivity index (χ1n) is 9.18. The number of carbonyl (C=O) groups excluding carboxylic acids is 1. The van der Waals surface area contributed by atoms with Crippen molar-refractivity contribution in [2.75, 3.05) is 12.3 Å². The van der Waals surface area contributed by atoms with E-state index in [1.807, 2.05) is 9.58 Å². The summed E-state index contributed by atoms with van der Waals surface area (Å²) in [5.41, 5.74) is 0.998. The molecule has 1 aliphatic heterocycles. The average molecular weight is 375 g/mol. The number of nitrogens with zero attached hydrogens (tertiary/aromatic N) is 5. The fourth-order valence-corrected chi connectivity index (χ4v) is 4.79. The van der Waals surface area contributed by atoms with Crippen molar-refractivity contribution < 1.29 is 9.18 Å². The minimum absolute atomic E-state index is 0.0366. The molecule has 0 spiro atoms. The van der Waals surface area contributed by atoms with Crippen molar-refractivity contribution in [1.82, 2.24) is 25.1 Å². The van der Waals surface area contributed by atoms with E-state index in [9.17, 15) is 9.18 Å². The smallest absolute Gasteiger partial charge is 0.233 e. The van der Waals surface area contributed by atoms with Crippen LogP contribution in [0.3, 0.4) is 0 Å². The second-order valence-electron chi connectivity index (χ2n) is 6.93. The van der Waals surface area contributed by atoms with Crippen LogP contribution in [0.15, 0.2) is 29.4 Å². The van der Waals surface area contributed by atoms with Crippen LogP contribution in [-0.4, -0.2) is 43.3 Å². The van der Waals surface area contributed by atoms with Crippen molar-refractivity contribution in [2.24, 2.45) is 0 Å². The molecule has 1 unspecified atom stereocenters. The molecule has 26 heavy (non-hydrogen) atoms. The topological polar surface area (TPSA) is 63.9 Å². The van der Waals surface area contributed by atoms with Gasteiger partial charge in [0.05, 0.1) is 17.8 Å². The first-order valence-corrected chi connectivity index (χ1v) is 10.2. The molecule has 2 aliphatic rings. The zero-order chi connectivity index (χ0) is 17.9. The largest absolute Gasteiger partial charge is 0.335 e. The van der Waals surface area contributed by atoms with Gasteiger partial charge in [0.1, 0.15) is 5.82 Å². The van der Waals surface area contributed by atoms with Gasteiger partial charge in [-0.2, -0.15) is 0 Å². The fourth-order valence-electron chi connectivity index (χ4n) is 3.96. The standard InChI is InChI=1S/C18H22FN5OS/c19-14-9-7-13(8-10-14)16-6-3-11-23(16)17(25)12-26-18-20-21-22-24(18)15-4-1-2-5-15/h7-10,15-16H,1-6,11-12H2. The third-order valence-corrected chi connectivity index (χ3v) is 6.20. The monoisotopic (exact) mass is 375 g/mol. The first-order chi connectivity index (χ1) is 12.7. The molecule has 1 saturated heterocycles. The molecule has 2 aromatic rings. The average Bonchev–Trinajstić information content (AvgIpc) is 3.40. The summed E-state index contributed by atoms with van der Waals surface area (Å²) < 4.78 is 15.0. The molecule has 2 fully saturated rings. The zero-order valence-corrected chi connectivity index (χ0v) is 15.4. The second-order valence-corrected chi connectivity index (χ2v) is 7.87. The summed E-state index contributed by atoms with van der Waals surface area (Å²) in [5, 5.41) is 12.7. The maximum absolute atomic E-state index is 13.2. The van der Waals surface area contributed by atoms with Crippen LogP contribution in [0.4, 0.5) is 4.39 Å². The highest BCUT2D eigenvalue weighted by atomic mass is 32.2. The Morgan fingerprint density at radius 3 is 2.69 bits per heavy atom. The van der Waals surface area contributed by atoms with Crippen LogP contribution in [0.25, 0.3) is 0 Å². The molecule has 0 N–H and O–H groups in total. The molecular weight excluding hydrogens is 353 g/mol. The van der Waals surface area contributed by atoms with E-state index in [-0.39, 0.29) is 17.8 Å². The summed E-state index contributed by atoms with van der Waals surface area (Å²) in [6.45, 7) is 0.745. The Bertz CT molecular complexity index is 759. The lowest BCUT2D eigenvalue weighted by Crippen LogP contribution is -2.32. The van der Waals surface area contributed by atoms with E-state index in [1.165, 1.54) is 36.7 Å². The summed E-state index contributed by atoms with van der Waals surface area (Å²) >= 11 is 1.41. The molecule has 4 rings (SSSR count). The third kappa shape index (κ3) is 3.60. The van der Waals surface area contributed by atoms with Crippen molar-refractivity contribution in [2.45, 2.75) is 55.8 Å². The number of likely N-dealkylation sites (tertiary alicyclic amines) is 1. The van der Waals surface area contributed by atoms with Gasteiger partial charge >= 0.3 is 0 Å². The first kappa shape index (κ1) is 17.5. The van der Waals surface area contributed by atoms with Gasteiger partial charge in [-0.25, -0.2) is 9.07 Å². The Balaban J connectivity index is 1.40. The van der Waals surface area contributed by atoms with Crippen LogP contribution in [0.2, 0.25) is 0 Å². The summed E-state index contributed by atoms with van der Waals surface area (Å²) in [6.07, 6.45) is 6.51. The molecule has 0 bridgehead atoms. The molecule has 1 saturated carbocycles. The fraction of sp³-hybridized carbons (Fsp3) is 0.556. The van der Waals surface area contributed by atoms with Gasteiger partial charge in [-0.1, -0.05) is 36.7 Å². The van der Waals surface area contributed by atoms with Gasteiger partial charge in [0.15, 0.2) is 0 Å². The van der Waals surface area contributed by atoms with E-state index in [1.54, 1.807) is 12.1 Å². The highest BCUT2D eigenvalue weighted by molar-refractivity contribution is 7.99. The van der Waals surface area contributed by atoms with E-state index in [0.29, 0.717) is 11.8 Å². The molecule has 138 valence electrons. The number of aromatic nitrogens is 4. The summed E-state index contributed by atoms with van der Waals surface area (Å²) in [4.78, 5) is 14.7. The normalized spacial score (nSPS) is 20.8. The lowest BCUT2D eigenvalue weighted by Gasteiger charge is -2.25. The summed E-state index contributed by atoms with van der Waals surface area (Å²) in [7, 11) is 0. The van der Waals surface area contributed by atoms with Gasteiger partial charge in [0.2, 0.25) is 11.1 Å². The predicted octanol–water partition coefficient (Wildman–Crippen LogP) is 3.38. The van der Waals surface area contributed by atoms with Crippen LogP contribution in [-0.2, 0) is 4.79 Å². The molecule has 6 nitrogen and oxygen atoms in total. The van der Waals surface area contributed by atoms with Gasteiger partial charge in [-0.05, 0) is 53.8 Å². The molecule has 0 radical (unpaired) electrons. The SMILES string of the molecule is O=C(CSc1nnnn1C1CCCC1)N1CCCC1c1ccc(F)cc1. The zero-order valence-electron chi connectivity index (χ0n) is 14.6. The Hall–Kier alpha value is -1.96. The van der Waals surface area contributed by atoms with E-state index in [4.69, 9.17) is 0 Å². The minimum Gasteiger partial charge on any atom is -0.335 e. The maximum Gasteiger partial charge on any atom is 0.233 e. The summed E-state index contributed by atoms with van der Waals surface area (Å²) in [6, 6.07) is 6.87. The van der Waals surface area contributed by atoms with Crippen LogP contribution in [0.1, 0.15) is 56.2 Å². The second kappa shape index (κ2) is 7.73. The lowest BCUT2D eigenvalue weighted by molar-refractivity contribution is -0.129. The highest BCUT2D eigenvalue weighted by Crippen LogP contribution is 2.34. The molecule has 1 amide bonds.